The Bertz CT molecular complexity index is 271. The van der Waals surface area contributed by atoms with Crippen molar-refractivity contribution in [3.8, 4) is 0 Å². The summed E-state index contributed by atoms with van der Waals surface area (Å²) < 4.78 is 72.8. The summed E-state index contributed by atoms with van der Waals surface area (Å²) in [6, 6.07) is 0. The molecule has 0 radical (unpaired) electrons. The zero-order valence-corrected chi connectivity index (χ0v) is 10.5. The van der Waals surface area contributed by atoms with E-state index in [1.54, 1.807) is 0 Å². The molecule has 0 amide bonds. The largest absolute Gasteiger partial charge is 0.415 e. The van der Waals surface area contributed by atoms with E-state index in [4.69, 9.17) is 10.2 Å². The Hall–Kier alpha value is -0.580. The fourth-order valence-electron chi connectivity index (χ4n) is 1.85. The van der Waals surface area contributed by atoms with E-state index in [2.05, 4.69) is 0 Å². The number of rotatable bonds is 4. The van der Waals surface area contributed by atoms with Crippen molar-refractivity contribution in [2.75, 3.05) is 39.3 Å². The summed E-state index contributed by atoms with van der Waals surface area (Å²) in [5.41, 5.74) is 0. The van der Waals surface area contributed by atoms with Gasteiger partial charge in [0.25, 0.3) is 0 Å². The summed E-state index contributed by atoms with van der Waals surface area (Å²) in [4.78, 5) is 2.66. The molecule has 0 spiro atoms. The standard InChI is InChI=1S/C10H16F6N2O2/c11-9(12,13)7(19)5-17-1-2-18(4-3-17)6-8(20)10(14,15)16/h7-8,19-20H,1-6H2/t7-,8-/m0/s1. The van der Waals surface area contributed by atoms with E-state index in [0.717, 1.165) is 0 Å². The van der Waals surface area contributed by atoms with Crippen LogP contribution < -0.4 is 0 Å². The van der Waals surface area contributed by atoms with Crippen LogP contribution in [0.3, 0.4) is 0 Å². The molecule has 1 aliphatic heterocycles. The van der Waals surface area contributed by atoms with E-state index in [9.17, 15) is 26.3 Å². The van der Waals surface area contributed by atoms with Crippen molar-refractivity contribution in [3.05, 3.63) is 0 Å². The molecular formula is C10H16F6N2O2. The van der Waals surface area contributed by atoms with Crippen molar-refractivity contribution >= 4 is 0 Å². The highest BCUT2D eigenvalue weighted by Crippen LogP contribution is 2.22. The number of nitrogens with zero attached hydrogens (tertiary/aromatic N) is 2. The maximum Gasteiger partial charge on any atom is 0.415 e. The van der Waals surface area contributed by atoms with Gasteiger partial charge in [-0.15, -0.1) is 0 Å². The Balaban J connectivity index is 2.34. The average molecular weight is 310 g/mol. The number of hydrogen-bond donors (Lipinski definition) is 2. The van der Waals surface area contributed by atoms with Crippen molar-refractivity contribution in [2.45, 2.75) is 24.6 Å². The Labute approximate surface area is 111 Å². The van der Waals surface area contributed by atoms with Gasteiger partial charge in [-0.25, -0.2) is 0 Å². The van der Waals surface area contributed by atoms with E-state index in [1.807, 2.05) is 0 Å². The van der Waals surface area contributed by atoms with Crippen LogP contribution in [0.5, 0.6) is 0 Å². The van der Waals surface area contributed by atoms with E-state index in [0.29, 0.717) is 0 Å². The van der Waals surface area contributed by atoms with E-state index >= 15 is 0 Å². The smallest absolute Gasteiger partial charge is 0.382 e. The van der Waals surface area contributed by atoms with Crippen molar-refractivity contribution in [3.63, 3.8) is 0 Å². The molecule has 1 heterocycles. The van der Waals surface area contributed by atoms with Crippen molar-refractivity contribution in [1.29, 1.82) is 0 Å². The summed E-state index contributed by atoms with van der Waals surface area (Å²) in [6.45, 7) is -0.761. The van der Waals surface area contributed by atoms with E-state index < -0.39 is 37.7 Å². The lowest BCUT2D eigenvalue weighted by atomic mass is 10.2. The molecule has 0 aromatic rings. The number of alkyl halides is 6. The molecule has 20 heavy (non-hydrogen) atoms. The van der Waals surface area contributed by atoms with Gasteiger partial charge in [-0.2, -0.15) is 26.3 Å². The third-order valence-corrected chi connectivity index (χ3v) is 3.08. The van der Waals surface area contributed by atoms with Gasteiger partial charge >= 0.3 is 12.4 Å². The Morgan fingerprint density at radius 1 is 0.700 bits per heavy atom. The molecular weight excluding hydrogens is 294 g/mol. The second kappa shape index (κ2) is 6.46. The first-order valence-electron chi connectivity index (χ1n) is 5.94. The lowest BCUT2D eigenvalue weighted by Crippen LogP contribution is -2.53. The summed E-state index contributed by atoms with van der Waals surface area (Å²) in [6.07, 6.45) is -14.3. The second-order valence-corrected chi connectivity index (χ2v) is 4.72. The molecule has 1 rings (SSSR count). The molecule has 0 aromatic carbocycles. The fourth-order valence-corrected chi connectivity index (χ4v) is 1.85. The first kappa shape index (κ1) is 17.5. The van der Waals surface area contributed by atoms with Crippen LogP contribution in [0, 0.1) is 0 Å². The molecule has 0 aromatic heterocycles. The normalized spacial score (nSPS) is 22.8. The number of hydrogen-bond acceptors (Lipinski definition) is 4. The van der Waals surface area contributed by atoms with Crippen LogP contribution in [0.25, 0.3) is 0 Å². The summed E-state index contributed by atoms with van der Waals surface area (Å²) >= 11 is 0. The summed E-state index contributed by atoms with van der Waals surface area (Å²) in [5, 5.41) is 17.8. The van der Waals surface area contributed by atoms with Crippen molar-refractivity contribution in [1.82, 2.24) is 9.80 Å². The second-order valence-electron chi connectivity index (χ2n) is 4.72. The van der Waals surface area contributed by atoms with Crippen LogP contribution in [0.15, 0.2) is 0 Å². The topological polar surface area (TPSA) is 46.9 Å². The summed E-state index contributed by atoms with van der Waals surface area (Å²) in [5.74, 6) is 0. The van der Waals surface area contributed by atoms with Crippen LogP contribution in [0.1, 0.15) is 0 Å². The number of halogens is 6. The Kier molecular flexibility index (Phi) is 5.64. The minimum atomic E-state index is -4.70. The lowest BCUT2D eigenvalue weighted by Gasteiger charge is -2.36. The van der Waals surface area contributed by atoms with Gasteiger partial charge in [0, 0.05) is 39.3 Å². The highest BCUT2D eigenvalue weighted by atomic mass is 19.4. The van der Waals surface area contributed by atoms with E-state index in [-0.39, 0.29) is 26.2 Å². The number of β-amino-alcohol motifs (C(OH)–C–C–N with tert-alkyl or cyclic N) is 2. The molecule has 4 nitrogen and oxygen atoms in total. The molecule has 0 aliphatic carbocycles. The van der Waals surface area contributed by atoms with Gasteiger partial charge < -0.3 is 10.2 Å². The molecule has 0 bridgehead atoms. The molecule has 0 unspecified atom stereocenters. The highest BCUT2D eigenvalue weighted by molar-refractivity contribution is 4.79. The number of aliphatic hydroxyl groups excluding tert-OH is 2. The SMILES string of the molecule is O[C@@H](CN1CCN(C[C@H](O)C(F)(F)F)CC1)C(F)(F)F. The molecule has 1 aliphatic rings. The third-order valence-electron chi connectivity index (χ3n) is 3.08. The monoisotopic (exact) mass is 310 g/mol. The highest BCUT2D eigenvalue weighted by Gasteiger charge is 2.41. The third kappa shape index (κ3) is 5.43. The predicted molar refractivity (Wildman–Crippen MR) is 57.0 cm³/mol. The van der Waals surface area contributed by atoms with Crippen LogP contribution in [-0.2, 0) is 0 Å². The molecule has 10 heteroatoms. The first-order chi connectivity index (χ1) is 9.00. The van der Waals surface area contributed by atoms with Gasteiger partial charge in [0.05, 0.1) is 0 Å². The molecule has 2 atom stereocenters. The maximum atomic E-state index is 12.1. The van der Waals surface area contributed by atoms with Gasteiger partial charge in [0.15, 0.2) is 12.2 Å². The van der Waals surface area contributed by atoms with Gasteiger partial charge in [-0.3, -0.25) is 9.80 Å². The Morgan fingerprint density at radius 3 is 1.15 bits per heavy atom. The van der Waals surface area contributed by atoms with Gasteiger partial charge in [0.1, 0.15) is 0 Å². The minimum absolute atomic E-state index is 0.109. The zero-order chi connectivity index (χ0) is 15.6. The van der Waals surface area contributed by atoms with Gasteiger partial charge in [0.2, 0.25) is 0 Å². The fraction of sp³-hybridized carbons (Fsp3) is 1.00. The van der Waals surface area contributed by atoms with Gasteiger partial charge in [-0.1, -0.05) is 0 Å². The number of aliphatic hydroxyl groups is 2. The van der Waals surface area contributed by atoms with Crippen molar-refractivity contribution in [2.24, 2.45) is 0 Å². The minimum Gasteiger partial charge on any atom is -0.382 e. The van der Waals surface area contributed by atoms with Gasteiger partial charge in [-0.05, 0) is 0 Å². The summed E-state index contributed by atoms with van der Waals surface area (Å²) in [7, 11) is 0. The van der Waals surface area contributed by atoms with Crippen LogP contribution >= 0.6 is 0 Å². The zero-order valence-electron chi connectivity index (χ0n) is 10.5. The molecule has 1 fully saturated rings. The van der Waals surface area contributed by atoms with E-state index in [1.165, 1.54) is 9.80 Å². The Morgan fingerprint density at radius 2 is 0.950 bits per heavy atom. The van der Waals surface area contributed by atoms with Crippen LogP contribution in [-0.4, -0.2) is 83.8 Å². The predicted octanol–water partition coefficient (Wildman–Crippen LogP) is 0.450. The quantitative estimate of drug-likeness (QED) is 0.740. The maximum absolute atomic E-state index is 12.1. The number of piperazine rings is 1. The van der Waals surface area contributed by atoms with Crippen molar-refractivity contribution < 1.29 is 36.6 Å². The average Bonchev–Trinajstić information content (AvgIpc) is 2.29. The van der Waals surface area contributed by atoms with Crippen LogP contribution in [0.2, 0.25) is 0 Å². The lowest BCUT2D eigenvalue weighted by molar-refractivity contribution is -0.213. The molecule has 120 valence electrons. The molecule has 1 saturated heterocycles. The van der Waals surface area contributed by atoms with Crippen LogP contribution in [0.4, 0.5) is 26.3 Å². The molecule has 2 N–H and O–H groups in total. The first-order valence-corrected chi connectivity index (χ1v) is 5.94. The molecule has 0 saturated carbocycles.